The summed E-state index contributed by atoms with van der Waals surface area (Å²) in [7, 11) is 0. The number of carbonyl (C=O) groups excluding carboxylic acids is 2. The van der Waals surface area contributed by atoms with E-state index < -0.39 is 0 Å². The Kier molecular flexibility index (Phi) is 13.4. The fourth-order valence-electron chi connectivity index (χ4n) is 3.70. The maximum absolute atomic E-state index is 11.7. The van der Waals surface area contributed by atoms with E-state index in [9.17, 15) is 9.59 Å². The molecule has 1 saturated carbocycles. The van der Waals surface area contributed by atoms with Crippen LogP contribution in [0.15, 0.2) is 0 Å². The zero-order valence-electron chi connectivity index (χ0n) is 18.6. The Hall–Kier alpha value is -0.940. The van der Waals surface area contributed by atoms with Gasteiger partial charge >= 0.3 is 0 Å². The molecule has 0 heterocycles. The van der Waals surface area contributed by atoms with Gasteiger partial charge in [-0.3, -0.25) is 9.59 Å². The molecule has 1 aliphatic rings. The molecule has 1 N–H and O–H groups in total. The van der Waals surface area contributed by atoms with Crippen molar-refractivity contribution in [2.24, 2.45) is 23.7 Å². The molecule has 1 rings (SSSR count). The van der Waals surface area contributed by atoms with Crippen molar-refractivity contribution in [2.45, 2.75) is 79.1 Å². The molecule has 1 fully saturated rings. The van der Waals surface area contributed by atoms with E-state index >= 15 is 0 Å². The highest BCUT2D eigenvalue weighted by Gasteiger charge is 2.21. The van der Waals surface area contributed by atoms with Crippen molar-refractivity contribution in [3.63, 3.8) is 0 Å². The third-order valence-corrected chi connectivity index (χ3v) is 5.22. The van der Waals surface area contributed by atoms with Crippen LogP contribution in [0.25, 0.3) is 0 Å². The average molecular weight is 398 g/mol. The van der Waals surface area contributed by atoms with Crippen molar-refractivity contribution < 1.29 is 19.1 Å². The van der Waals surface area contributed by atoms with Gasteiger partial charge in [0.05, 0.1) is 6.61 Å². The average Bonchev–Trinajstić information content (AvgIpc) is 2.61. The molecule has 5 nitrogen and oxygen atoms in total. The zero-order valence-corrected chi connectivity index (χ0v) is 18.6. The van der Waals surface area contributed by atoms with Crippen LogP contribution in [0.4, 0.5) is 0 Å². The topological polar surface area (TPSA) is 64.6 Å². The molecule has 0 aromatic heterocycles. The predicted octanol–water partition coefficient (Wildman–Crippen LogP) is 4.38. The number of carbonyl (C=O) groups is 2. The molecular weight excluding hydrogens is 354 g/mol. The number of hydrogen-bond acceptors (Lipinski definition) is 4. The summed E-state index contributed by atoms with van der Waals surface area (Å²) in [6.45, 7) is 11.8. The Morgan fingerprint density at radius 1 is 0.857 bits per heavy atom. The third kappa shape index (κ3) is 13.3. The van der Waals surface area contributed by atoms with Crippen LogP contribution in [0.1, 0.15) is 79.1 Å². The Morgan fingerprint density at radius 3 is 1.93 bits per heavy atom. The van der Waals surface area contributed by atoms with Crippen LogP contribution >= 0.6 is 0 Å². The summed E-state index contributed by atoms with van der Waals surface area (Å²) in [5, 5.41) is 2.91. The summed E-state index contributed by atoms with van der Waals surface area (Å²) < 4.78 is 11.6. The van der Waals surface area contributed by atoms with Gasteiger partial charge < -0.3 is 14.8 Å². The SMILES string of the molecule is CC(C)CC(=O)CCCOCC1CCC(COCCNC(=O)CC(C)C)CC1. The molecule has 1 amide bonds. The van der Waals surface area contributed by atoms with Crippen molar-refractivity contribution in [1.82, 2.24) is 5.32 Å². The normalized spacial score (nSPS) is 19.9. The van der Waals surface area contributed by atoms with Crippen molar-refractivity contribution in [2.75, 3.05) is 33.0 Å². The number of ketones is 1. The summed E-state index contributed by atoms with van der Waals surface area (Å²) in [5.74, 6) is 2.61. The minimum absolute atomic E-state index is 0.114. The Morgan fingerprint density at radius 2 is 1.39 bits per heavy atom. The molecule has 0 spiro atoms. The maximum Gasteiger partial charge on any atom is 0.220 e. The number of nitrogens with one attached hydrogen (secondary N) is 1. The Labute approximate surface area is 172 Å². The van der Waals surface area contributed by atoms with Crippen LogP contribution in [0, 0.1) is 23.7 Å². The lowest BCUT2D eigenvalue weighted by Gasteiger charge is -2.28. The minimum Gasteiger partial charge on any atom is -0.381 e. The number of ether oxygens (including phenoxy) is 2. The molecule has 0 unspecified atom stereocenters. The molecule has 1 aliphatic carbocycles. The largest absolute Gasteiger partial charge is 0.381 e. The zero-order chi connectivity index (χ0) is 20.8. The van der Waals surface area contributed by atoms with E-state index in [0.717, 1.165) is 19.6 Å². The molecule has 0 bridgehead atoms. The molecule has 0 aromatic rings. The van der Waals surface area contributed by atoms with E-state index in [4.69, 9.17) is 9.47 Å². The highest BCUT2D eigenvalue weighted by atomic mass is 16.5. The lowest BCUT2D eigenvalue weighted by molar-refractivity contribution is -0.122. The second kappa shape index (κ2) is 15.0. The third-order valence-electron chi connectivity index (χ3n) is 5.22. The van der Waals surface area contributed by atoms with Gasteiger partial charge in [-0.2, -0.15) is 0 Å². The molecule has 0 aliphatic heterocycles. The van der Waals surface area contributed by atoms with Crippen molar-refractivity contribution in [3.05, 3.63) is 0 Å². The number of rotatable bonds is 15. The fraction of sp³-hybridized carbons (Fsp3) is 0.913. The highest BCUT2D eigenvalue weighted by molar-refractivity contribution is 5.78. The molecule has 5 heteroatoms. The van der Waals surface area contributed by atoms with E-state index in [2.05, 4.69) is 19.2 Å². The Balaban J connectivity index is 1.95. The van der Waals surface area contributed by atoms with Crippen LogP contribution < -0.4 is 5.32 Å². The van der Waals surface area contributed by atoms with E-state index in [1.165, 1.54) is 25.7 Å². The first-order valence-corrected chi connectivity index (χ1v) is 11.3. The quantitative estimate of drug-likeness (QED) is 0.416. The minimum atomic E-state index is 0.114. The summed E-state index contributed by atoms with van der Waals surface area (Å²) in [4.78, 5) is 23.2. The van der Waals surface area contributed by atoms with Gasteiger partial charge in [0.1, 0.15) is 5.78 Å². The summed E-state index contributed by atoms with van der Waals surface area (Å²) >= 11 is 0. The molecule has 0 radical (unpaired) electrons. The van der Waals surface area contributed by atoms with Crippen molar-refractivity contribution in [3.8, 4) is 0 Å². The van der Waals surface area contributed by atoms with Gasteiger partial charge in [0.2, 0.25) is 5.91 Å². The lowest BCUT2D eigenvalue weighted by atomic mass is 9.83. The number of amides is 1. The lowest BCUT2D eigenvalue weighted by Crippen LogP contribution is -2.29. The monoisotopic (exact) mass is 397 g/mol. The van der Waals surface area contributed by atoms with E-state index in [1.54, 1.807) is 0 Å². The second-order valence-electron chi connectivity index (χ2n) is 9.22. The van der Waals surface area contributed by atoms with E-state index in [0.29, 0.717) is 68.5 Å². The first kappa shape index (κ1) is 25.1. The molecule has 0 saturated heterocycles. The van der Waals surface area contributed by atoms with Crippen LogP contribution in [-0.4, -0.2) is 44.7 Å². The maximum atomic E-state index is 11.7. The van der Waals surface area contributed by atoms with Gasteiger partial charge in [0, 0.05) is 45.6 Å². The van der Waals surface area contributed by atoms with Crippen molar-refractivity contribution >= 4 is 11.7 Å². The van der Waals surface area contributed by atoms with Gasteiger partial charge in [-0.05, 0) is 55.8 Å². The van der Waals surface area contributed by atoms with Gasteiger partial charge in [0.15, 0.2) is 0 Å². The molecule has 0 atom stereocenters. The van der Waals surface area contributed by atoms with Gasteiger partial charge in [-0.1, -0.05) is 27.7 Å². The van der Waals surface area contributed by atoms with Crippen LogP contribution in [-0.2, 0) is 19.1 Å². The van der Waals surface area contributed by atoms with E-state index in [-0.39, 0.29) is 5.91 Å². The number of Topliss-reactive ketones (excluding diaryl/α,β-unsaturated/α-hetero) is 1. The van der Waals surface area contributed by atoms with E-state index in [1.807, 2.05) is 13.8 Å². The molecule has 28 heavy (non-hydrogen) atoms. The second-order valence-corrected chi connectivity index (χ2v) is 9.22. The molecular formula is C23H43NO4. The molecule has 0 aromatic carbocycles. The van der Waals surface area contributed by atoms with Crippen molar-refractivity contribution in [1.29, 1.82) is 0 Å². The van der Waals surface area contributed by atoms with Gasteiger partial charge in [-0.15, -0.1) is 0 Å². The van der Waals surface area contributed by atoms with Crippen LogP contribution in [0.5, 0.6) is 0 Å². The summed E-state index contributed by atoms with van der Waals surface area (Å²) in [6.07, 6.45) is 7.57. The summed E-state index contributed by atoms with van der Waals surface area (Å²) in [6, 6.07) is 0. The molecule has 164 valence electrons. The fourth-order valence-corrected chi connectivity index (χ4v) is 3.70. The van der Waals surface area contributed by atoms with Crippen LogP contribution in [0.3, 0.4) is 0 Å². The summed E-state index contributed by atoms with van der Waals surface area (Å²) in [5.41, 5.74) is 0. The smallest absolute Gasteiger partial charge is 0.220 e. The van der Waals surface area contributed by atoms with Gasteiger partial charge in [-0.25, -0.2) is 0 Å². The first-order chi connectivity index (χ1) is 13.4. The van der Waals surface area contributed by atoms with Gasteiger partial charge in [0.25, 0.3) is 0 Å². The highest BCUT2D eigenvalue weighted by Crippen LogP contribution is 2.29. The first-order valence-electron chi connectivity index (χ1n) is 11.3. The standard InChI is InChI=1S/C23H43NO4/c1-18(2)14-22(25)6-5-12-27-16-20-7-9-21(10-8-20)17-28-13-11-24-23(26)15-19(3)4/h18-21H,5-17H2,1-4H3,(H,24,26). The predicted molar refractivity (Wildman–Crippen MR) is 113 cm³/mol. The van der Waals surface area contributed by atoms with Crippen LogP contribution in [0.2, 0.25) is 0 Å². The Bertz CT molecular complexity index is 388. The number of hydrogen-bond donors (Lipinski definition) is 1.